The van der Waals surface area contributed by atoms with Crippen LogP contribution in [-0.4, -0.2) is 18.6 Å². The second-order valence-corrected chi connectivity index (χ2v) is 4.45. The van der Waals surface area contributed by atoms with E-state index in [-0.39, 0.29) is 5.97 Å². The normalized spacial score (nSPS) is 22.0. The molecule has 0 aliphatic heterocycles. The fraction of sp³-hybridized carbons (Fsp3) is 0.462. The average Bonchev–Trinajstić information content (AvgIpc) is 2.97. The molecule has 0 heterocycles. The molecule has 4 heteroatoms. The standard InChI is InChI=1S/C13H18N2O2/c1-3-17-13(16)9-5-4-6-10(14)12(9)15-11-7-8(11)2/h4-6,8,11,15H,3,7,14H2,1-2H3. The molecule has 1 aromatic carbocycles. The molecule has 1 aromatic rings. The maximum atomic E-state index is 11.8. The molecule has 1 saturated carbocycles. The van der Waals surface area contributed by atoms with Crippen LogP contribution in [0, 0.1) is 5.92 Å². The van der Waals surface area contributed by atoms with Crippen molar-refractivity contribution in [1.82, 2.24) is 0 Å². The number of ether oxygens (including phenoxy) is 1. The van der Waals surface area contributed by atoms with Gasteiger partial charge in [0.1, 0.15) is 0 Å². The highest BCUT2D eigenvalue weighted by Crippen LogP contribution is 2.35. The van der Waals surface area contributed by atoms with E-state index >= 15 is 0 Å². The van der Waals surface area contributed by atoms with E-state index in [0.717, 1.165) is 6.42 Å². The molecule has 2 rings (SSSR count). The van der Waals surface area contributed by atoms with Gasteiger partial charge in [0.15, 0.2) is 0 Å². The van der Waals surface area contributed by atoms with Gasteiger partial charge in [0.25, 0.3) is 0 Å². The third-order valence-corrected chi connectivity index (χ3v) is 3.03. The van der Waals surface area contributed by atoms with Crippen LogP contribution in [0.5, 0.6) is 0 Å². The van der Waals surface area contributed by atoms with Crippen molar-refractivity contribution in [3.8, 4) is 0 Å². The van der Waals surface area contributed by atoms with Gasteiger partial charge in [0.05, 0.1) is 23.5 Å². The van der Waals surface area contributed by atoms with E-state index in [4.69, 9.17) is 10.5 Å². The van der Waals surface area contributed by atoms with Gasteiger partial charge in [-0.2, -0.15) is 0 Å². The Hall–Kier alpha value is -1.71. The van der Waals surface area contributed by atoms with Crippen molar-refractivity contribution in [3.63, 3.8) is 0 Å². The van der Waals surface area contributed by atoms with E-state index in [9.17, 15) is 4.79 Å². The smallest absolute Gasteiger partial charge is 0.340 e. The Morgan fingerprint density at radius 2 is 2.29 bits per heavy atom. The summed E-state index contributed by atoms with van der Waals surface area (Å²) in [6, 6.07) is 5.72. The van der Waals surface area contributed by atoms with Crippen molar-refractivity contribution in [1.29, 1.82) is 0 Å². The van der Waals surface area contributed by atoms with Crippen molar-refractivity contribution in [2.24, 2.45) is 5.92 Å². The van der Waals surface area contributed by atoms with Crippen molar-refractivity contribution >= 4 is 17.3 Å². The maximum absolute atomic E-state index is 11.8. The number of carbonyl (C=O) groups excluding carboxylic acids is 1. The summed E-state index contributed by atoms with van der Waals surface area (Å²) in [5.41, 5.74) is 7.73. The lowest BCUT2D eigenvalue weighted by atomic mass is 10.1. The molecular weight excluding hydrogens is 216 g/mol. The number of para-hydroxylation sites is 1. The van der Waals surface area contributed by atoms with Crippen molar-refractivity contribution in [2.45, 2.75) is 26.3 Å². The molecule has 4 nitrogen and oxygen atoms in total. The molecule has 2 unspecified atom stereocenters. The number of rotatable bonds is 4. The van der Waals surface area contributed by atoms with Crippen molar-refractivity contribution in [2.75, 3.05) is 17.7 Å². The minimum absolute atomic E-state index is 0.324. The zero-order chi connectivity index (χ0) is 12.4. The second kappa shape index (κ2) is 4.65. The fourth-order valence-corrected chi connectivity index (χ4v) is 1.82. The largest absolute Gasteiger partial charge is 0.462 e. The van der Waals surface area contributed by atoms with Gasteiger partial charge < -0.3 is 15.8 Å². The zero-order valence-electron chi connectivity index (χ0n) is 10.2. The van der Waals surface area contributed by atoms with Gasteiger partial charge in [-0.3, -0.25) is 0 Å². The van der Waals surface area contributed by atoms with Crippen LogP contribution < -0.4 is 11.1 Å². The Morgan fingerprint density at radius 3 is 2.88 bits per heavy atom. The number of nitrogen functional groups attached to an aromatic ring is 1. The van der Waals surface area contributed by atoms with Crippen LogP contribution in [0.1, 0.15) is 30.6 Å². The van der Waals surface area contributed by atoms with Crippen LogP contribution in [0.4, 0.5) is 11.4 Å². The summed E-state index contributed by atoms with van der Waals surface area (Å²) < 4.78 is 5.02. The lowest BCUT2D eigenvalue weighted by Gasteiger charge is -2.13. The molecule has 0 aromatic heterocycles. The predicted octanol–water partition coefficient (Wildman–Crippen LogP) is 2.27. The van der Waals surface area contributed by atoms with Gasteiger partial charge in [-0.15, -0.1) is 0 Å². The molecule has 1 aliphatic rings. The van der Waals surface area contributed by atoms with Gasteiger partial charge in [-0.1, -0.05) is 13.0 Å². The van der Waals surface area contributed by atoms with Gasteiger partial charge in [0.2, 0.25) is 0 Å². The van der Waals surface area contributed by atoms with Crippen LogP contribution in [0.25, 0.3) is 0 Å². The third-order valence-electron chi connectivity index (χ3n) is 3.03. The minimum Gasteiger partial charge on any atom is -0.462 e. The number of benzene rings is 1. The third kappa shape index (κ3) is 2.52. The molecule has 0 spiro atoms. The minimum atomic E-state index is -0.324. The first-order valence-corrected chi connectivity index (χ1v) is 5.95. The van der Waals surface area contributed by atoms with Gasteiger partial charge in [0, 0.05) is 6.04 Å². The summed E-state index contributed by atoms with van der Waals surface area (Å²) in [7, 11) is 0. The summed E-state index contributed by atoms with van der Waals surface area (Å²) in [6.07, 6.45) is 1.12. The summed E-state index contributed by atoms with van der Waals surface area (Å²) in [5.74, 6) is 0.320. The molecule has 0 radical (unpaired) electrons. The molecular formula is C13H18N2O2. The molecule has 17 heavy (non-hydrogen) atoms. The highest BCUT2D eigenvalue weighted by atomic mass is 16.5. The number of esters is 1. The van der Waals surface area contributed by atoms with Gasteiger partial charge in [-0.25, -0.2) is 4.79 Å². The summed E-state index contributed by atoms with van der Waals surface area (Å²) in [6.45, 7) is 4.33. The first-order chi connectivity index (χ1) is 8.13. The SMILES string of the molecule is CCOC(=O)c1cccc(N)c1NC1CC1C. The molecule has 1 fully saturated rings. The van der Waals surface area contributed by atoms with E-state index in [2.05, 4.69) is 12.2 Å². The Bertz CT molecular complexity index is 431. The number of nitrogens with one attached hydrogen (secondary N) is 1. The molecule has 0 amide bonds. The fourth-order valence-electron chi connectivity index (χ4n) is 1.82. The number of nitrogens with two attached hydrogens (primary N) is 1. The van der Waals surface area contributed by atoms with Gasteiger partial charge >= 0.3 is 5.97 Å². The highest BCUT2D eigenvalue weighted by Gasteiger charge is 2.33. The Kier molecular flexibility index (Phi) is 3.22. The quantitative estimate of drug-likeness (QED) is 0.619. The monoisotopic (exact) mass is 234 g/mol. The van der Waals surface area contributed by atoms with E-state index in [1.165, 1.54) is 0 Å². The predicted molar refractivity (Wildman–Crippen MR) is 68.0 cm³/mol. The van der Waals surface area contributed by atoms with Crippen molar-refractivity contribution in [3.05, 3.63) is 23.8 Å². The number of anilines is 2. The molecule has 0 bridgehead atoms. The highest BCUT2D eigenvalue weighted by molar-refractivity contribution is 5.99. The van der Waals surface area contributed by atoms with Crippen molar-refractivity contribution < 1.29 is 9.53 Å². The lowest BCUT2D eigenvalue weighted by molar-refractivity contribution is 0.0527. The Labute approximate surface area is 101 Å². The molecule has 1 aliphatic carbocycles. The number of hydrogen-bond acceptors (Lipinski definition) is 4. The summed E-state index contributed by atoms with van der Waals surface area (Å²) in [5, 5.41) is 3.32. The molecule has 2 atom stereocenters. The van der Waals surface area contributed by atoms with Crippen LogP contribution in [0.3, 0.4) is 0 Å². The maximum Gasteiger partial charge on any atom is 0.340 e. The first-order valence-electron chi connectivity index (χ1n) is 5.95. The van der Waals surface area contributed by atoms with E-state index in [0.29, 0.717) is 35.5 Å². The Morgan fingerprint density at radius 1 is 1.59 bits per heavy atom. The van der Waals surface area contributed by atoms with Crippen LogP contribution >= 0.6 is 0 Å². The van der Waals surface area contributed by atoms with Crippen LogP contribution in [-0.2, 0) is 4.74 Å². The summed E-state index contributed by atoms with van der Waals surface area (Å²) >= 11 is 0. The van der Waals surface area contributed by atoms with Crippen LogP contribution in [0.2, 0.25) is 0 Å². The summed E-state index contributed by atoms with van der Waals surface area (Å²) in [4.78, 5) is 11.8. The topological polar surface area (TPSA) is 64.3 Å². The zero-order valence-corrected chi connectivity index (χ0v) is 10.2. The molecule has 92 valence electrons. The number of hydrogen-bond donors (Lipinski definition) is 2. The van der Waals surface area contributed by atoms with E-state index in [1.54, 1.807) is 25.1 Å². The second-order valence-electron chi connectivity index (χ2n) is 4.45. The van der Waals surface area contributed by atoms with E-state index < -0.39 is 0 Å². The molecule has 0 saturated heterocycles. The van der Waals surface area contributed by atoms with Crippen LogP contribution in [0.15, 0.2) is 18.2 Å². The first kappa shape index (κ1) is 11.8. The number of carbonyl (C=O) groups is 1. The Balaban J connectivity index is 2.24. The lowest BCUT2D eigenvalue weighted by Crippen LogP contribution is -2.13. The molecule has 3 N–H and O–H groups in total. The average molecular weight is 234 g/mol. The van der Waals surface area contributed by atoms with E-state index in [1.807, 2.05) is 0 Å². The van der Waals surface area contributed by atoms with Gasteiger partial charge in [-0.05, 0) is 31.4 Å².